The van der Waals surface area contributed by atoms with Gasteiger partial charge in [-0.15, -0.1) is 11.3 Å². The van der Waals surface area contributed by atoms with Crippen LogP contribution in [0, 0.1) is 6.92 Å². The molecule has 0 atom stereocenters. The molecular formula is C34H36N6O6S. The number of fused-ring (bicyclic) bond motifs is 7. The molecule has 3 amide bonds. The number of carbonyl (C=O) groups excluding carboxylic acids is 3. The van der Waals surface area contributed by atoms with E-state index in [0.29, 0.717) is 91.0 Å². The van der Waals surface area contributed by atoms with E-state index in [9.17, 15) is 14.4 Å². The number of carbonyl (C=O) groups is 3. The molecule has 2 aromatic carbocycles. The molecule has 47 heavy (non-hydrogen) atoms. The molecule has 2 aliphatic heterocycles. The smallest absolute Gasteiger partial charge is 0.274 e. The fourth-order valence-electron chi connectivity index (χ4n) is 5.69. The number of hydrogen-bond acceptors (Lipinski definition) is 10. The molecule has 0 unspecified atom stereocenters. The summed E-state index contributed by atoms with van der Waals surface area (Å²) < 4.78 is 18.3. The van der Waals surface area contributed by atoms with Gasteiger partial charge >= 0.3 is 0 Å². The van der Waals surface area contributed by atoms with E-state index in [4.69, 9.17) is 14.2 Å². The van der Waals surface area contributed by atoms with Crippen LogP contribution in [-0.2, 0) is 6.54 Å². The molecule has 0 fully saturated rings. The molecule has 12 nitrogen and oxygen atoms in total. The highest BCUT2D eigenvalue weighted by Crippen LogP contribution is 2.41. The van der Waals surface area contributed by atoms with Gasteiger partial charge in [-0.1, -0.05) is 0 Å². The fourth-order valence-corrected chi connectivity index (χ4v) is 6.46. The standard InChI is InChI=1S/C34H36N6O6S/c1-22-31(47-21-38-22)34(43)39-11-3-4-14-45-29-18-24(26-17-23(6-7-28(26)44-2)32(41)37-8-5-12-39)16-25-20-40(13-15-46-30(25)29)33(42)27-19-35-9-10-36-27/h6-7,9-10,16-19,21H,3-5,8,11-15,20H2,1-2H3,(H,37,41). The first-order chi connectivity index (χ1) is 22.9. The molecule has 4 bridgehead atoms. The Bertz CT molecular complexity index is 1760. The first-order valence-electron chi connectivity index (χ1n) is 15.6. The largest absolute Gasteiger partial charge is 0.496 e. The Kier molecular flexibility index (Phi) is 9.91. The second kappa shape index (κ2) is 14.6. The van der Waals surface area contributed by atoms with Gasteiger partial charge in [-0.05, 0) is 62.1 Å². The summed E-state index contributed by atoms with van der Waals surface area (Å²) in [6, 6.07) is 9.12. The quantitative estimate of drug-likeness (QED) is 0.341. The Morgan fingerprint density at radius 3 is 2.60 bits per heavy atom. The molecule has 0 aliphatic carbocycles. The Labute approximate surface area is 276 Å². The minimum absolute atomic E-state index is 0.0537. The molecule has 4 aromatic rings. The van der Waals surface area contributed by atoms with Crippen LogP contribution in [0.15, 0.2) is 54.4 Å². The Morgan fingerprint density at radius 1 is 0.936 bits per heavy atom. The number of amides is 3. The van der Waals surface area contributed by atoms with Crippen molar-refractivity contribution in [3.63, 3.8) is 0 Å². The number of benzene rings is 2. The minimum Gasteiger partial charge on any atom is -0.496 e. The lowest BCUT2D eigenvalue weighted by atomic mass is 9.98. The fraction of sp³-hybridized carbons (Fsp3) is 0.353. The molecule has 0 radical (unpaired) electrons. The number of aryl methyl sites for hydroxylation is 1. The highest BCUT2D eigenvalue weighted by atomic mass is 32.1. The molecule has 0 spiro atoms. The van der Waals surface area contributed by atoms with E-state index < -0.39 is 0 Å². The van der Waals surface area contributed by atoms with Crippen LogP contribution in [0.3, 0.4) is 0 Å². The molecular weight excluding hydrogens is 620 g/mol. The van der Waals surface area contributed by atoms with E-state index in [0.717, 1.165) is 11.1 Å². The Morgan fingerprint density at radius 2 is 1.81 bits per heavy atom. The van der Waals surface area contributed by atoms with Crippen molar-refractivity contribution in [3.8, 4) is 28.4 Å². The van der Waals surface area contributed by atoms with Gasteiger partial charge < -0.3 is 29.3 Å². The zero-order valence-electron chi connectivity index (χ0n) is 26.4. The average molecular weight is 657 g/mol. The van der Waals surface area contributed by atoms with Gasteiger partial charge in [-0.3, -0.25) is 19.4 Å². The monoisotopic (exact) mass is 656 g/mol. The molecule has 6 rings (SSSR count). The zero-order valence-corrected chi connectivity index (χ0v) is 27.2. The lowest BCUT2D eigenvalue weighted by Gasteiger charge is -2.22. The van der Waals surface area contributed by atoms with E-state index in [2.05, 4.69) is 20.3 Å². The third-order valence-corrected chi connectivity index (χ3v) is 9.06. The van der Waals surface area contributed by atoms with Gasteiger partial charge in [-0.25, -0.2) is 9.97 Å². The number of thiazole rings is 1. The molecule has 2 aromatic heterocycles. The Hall–Kier alpha value is -5.04. The molecule has 0 saturated carbocycles. The van der Waals surface area contributed by atoms with Gasteiger partial charge in [0.25, 0.3) is 17.7 Å². The second-order valence-electron chi connectivity index (χ2n) is 11.3. The van der Waals surface area contributed by atoms with Crippen molar-refractivity contribution in [2.75, 3.05) is 46.5 Å². The summed E-state index contributed by atoms with van der Waals surface area (Å²) in [4.78, 5) is 56.7. The third kappa shape index (κ3) is 7.19. The maximum Gasteiger partial charge on any atom is 0.274 e. The molecule has 13 heteroatoms. The topological polar surface area (TPSA) is 136 Å². The second-order valence-corrected chi connectivity index (χ2v) is 12.1. The first kappa shape index (κ1) is 31.9. The van der Waals surface area contributed by atoms with Crippen molar-refractivity contribution in [1.82, 2.24) is 30.1 Å². The predicted octanol–water partition coefficient (Wildman–Crippen LogP) is 4.39. The van der Waals surface area contributed by atoms with Gasteiger partial charge in [0.2, 0.25) is 0 Å². The van der Waals surface area contributed by atoms with E-state index in [1.165, 1.54) is 29.9 Å². The summed E-state index contributed by atoms with van der Waals surface area (Å²) in [5.41, 5.74) is 5.31. The summed E-state index contributed by atoms with van der Waals surface area (Å²) in [6.45, 7) is 4.54. The summed E-state index contributed by atoms with van der Waals surface area (Å²) in [6.07, 6.45) is 6.48. The van der Waals surface area contributed by atoms with Crippen LogP contribution in [0.4, 0.5) is 0 Å². The van der Waals surface area contributed by atoms with Gasteiger partial charge in [0.1, 0.15) is 22.9 Å². The van der Waals surface area contributed by atoms with Crippen molar-refractivity contribution in [3.05, 3.63) is 81.8 Å². The first-order valence-corrected chi connectivity index (χ1v) is 16.4. The van der Waals surface area contributed by atoms with Crippen LogP contribution in [0.25, 0.3) is 11.1 Å². The van der Waals surface area contributed by atoms with E-state index >= 15 is 0 Å². The number of rotatable bonds is 3. The minimum atomic E-state index is -0.253. The number of nitrogens with zero attached hydrogens (tertiary/aromatic N) is 5. The summed E-state index contributed by atoms with van der Waals surface area (Å²) in [5, 5.41) is 3.00. The van der Waals surface area contributed by atoms with Crippen molar-refractivity contribution >= 4 is 29.1 Å². The maximum atomic E-state index is 13.4. The molecule has 1 N–H and O–H groups in total. The lowest BCUT2D eigenvalue weighted by molar-refractivity contribution is 0.0724. The van der Waals surface area contributed by atoms with E-state index in [1.807, 2.05) is 24.0 Å². The maximum absolute atomic E-state index is 13.4. The summed E-state index contributed by atoms with van der Waals surface area (Å²) in [7, 11) is 1.58. The number of aromatic nitrogens is 3. The van der Waals surface area contributed by atoms with Crippen molar-refractivity contribution in [2.45, 2.75) is 32.7 Å². The predicted molar refractivity (Wildman–Crippen MR) is 175 cm³/mol. The van der Waals surface area contributed by atoms with Gasteiger partial charge in [0.05, 0.1) is 37.7 Å². The van der Waals surface area contributed by atoms with Crippen LogP contribution in [0.1, 0.15) is 61.0 Å². The Balaban J connectivity index is 1.34. The van der Waals surface area contributed by atoms with Crippen molar-refractivity contribution in [1.29, 1.82) is 0 Å². The normalized spacial score (nSPS) is 15.7. The zero-order chi connectivity index (χ0) is 32.8. The van der Waals surface area contributed by atoms with Crippen molar-refractivity contribution < 1.29 is 28.6 Å². The number of ether oxygens (including phenoxy) is 3. The van der Waals surface area contributed by atoms with Gasteiger partial charge in [0.15, 0.2) is 11.5 Å². The highest BCUT2D eigenvalue weighted by Gasteiger charge is 2.26. The lowest BCUT2D eigenvalue weighted by Crippen LogP contribution is -2.35. The van der Waals surface area contributed by atoms with Gasteiger partial charge in [0, 0.05) is 55.3 Å². The molecule has 0 saturated heterocycles. The van der Waals surface area contributed by atoms with E-state index in [1.54, 1.807) is 35.7 Å². The van der Waals surface area contributed by atoms with Gasteiger partial charge in [-0.2, -0.15) is 0 Å². The van der Waals surface area contributed by atoms with Crippen LogP contribution in [0.2, 0.25) is 0 Å². The summed E-state index contributed by atoms with van der Waals surface area (Å²) >= 11 is 1.34. The molecule has 244 valence electrons. The van der Waals surface area contributed by atoms with Crippen LogP contribution in [0.5, 0.6) is 17.2 Å². The number of nitrogens with one attached hydrogen (secondary N) is 1. The number of hydrogen-bond donors (Lipinski definition) is 1. The molecule has 2 aliphatic rings. The molecule has 4 heterocycles. The van der Waals surface area contributed by atoms with Crippen LogP contribution >= 0.6 is 11.3 Å². The van der Waals surface area contributed by atoms with Crippen molar-refractivity contribution in [2.24, 2.45) is 0 Å². The SMILES string of the molecule is COc1ccc2cc1-c1cc3c(c(c1)OCCCCN(C(=O)c1scnc1C)CCCNC2=O)OCCN(C(=O)c1cnccn1)C3. The highest BCUT2D eigenvalue weighted by molar-refractivity contribution is 7.11. The van der Waals surface area contributed by atoms with E-state index in [-0.39, 0.29) is 36.6 Å². The van der Waals surface area contributed by atoms with Crippen LogP contribution in [-0.4, -0.2) is 89.0 Å². The number of methoxy groups -OCH3 is 1. The average Bonchev–Trinajstić information content (AvgIpc) is 3.41. The third-order valence-electron chi connectivity index (χ3n) is 8.14. The van der Waals surface area contributed by atoms with Crippen LogP contribution < -0.4 is 19.5 Å². The summed E-state index contributed by atoms with van der Waals surface area (Å²) in [5.74, 6) is 1.13.